The molecule has 1 unspecified atom stereocenters. The van der Waals surface area contributed by atoms with Crippen molar-refractivity contribution in [1.29, 1.82) is 0 Å². The van der Waals surface area contributed by atoms with Crippen molar-refractivity contribution < 1.29 is 9.90 Å². The number of hydrogen-bond acceptors (Lipinski definition) is 3. The maximum Gasteiger partial charge on any atom is 0.226 e. The Morgan fingerprint density at radius 3 is 2.50 bits per heavy atom. The number of carbonyl (C=O) groups excluding carboxylic acids is 1. The highest BCUT2D eigenvalue weighted by Gasteiger charge is 2.07. The highest BCUT2D eigenvalue weighted by molar-refractivity contribution is 5.91. The van der Waals surface area contributed by atoms with Gasteiger partial charge in [0, 0.05) is 17.1 Å². The molecule has 0 saturated heterocycles. The summed E-state index contributed by atoms with van der Waals surface area (Å²) in [7, 11) is 0. The standard InChI is InChI=1S/C15H19N3O2/c1-10(19)8-15(20)17-13-4-6-14(7-5-13)18-9-16-11(2)12(18)3/h4-7,9-10,19H,8H2,1-3H3,(H,17,20). The van der Waals surface area contributed by atoms with E-state index in [9.17, 15) is 4.79 Å². The van der Waals surface area contributed by atoms with Gasteiger partial charge in [0.15, 0.2) is 0 Å². The fraction of sp³-hybridized carbons (Fsp3) is 0.333. The van der Waals surface area contributed by atoms with Crippen molar-refractivity contribution in [2.45, 2.75) is 33.3 Å². The van der Waals surface area contributed by atoms with E-state index < -0.39 is 6.10 Å². The molecule has 1 aromatic carbocycles. The molecule has 5 heteroatoms. The molecule has 0 bridgehead atoms. The van der Waals surface area contributed by atoms with Crippen LogP contribution in [0.2, 0.25) is 0 Å². The second-order valence-electron chi connectivity index (χ2n) is 4.93. The van der Waals surface area contributed by atoms with E-state index in [1.165, 1.54) is 0 Å². The van der Waals surface area contributed by atoms with Gasteiger partial charge < -0.3 is 15.0 Å². The second kappa shape index (κ2) is 5.88. The Bertz CT molecular complexity index is 600. The molecule has 106 valence electrons. The molecule has 5 nitrogen and oxygen atoms in total. The van der Waals surface area contributed by atoms with Crippen LogP contribution in [0.25, 0.3) is 5.69 Å². The normalized spacial score (nSPS) is 12.2. The molecule has 0 aliphatic carbocycles. The van der Waals surface area contributed by atoms with Crippen LogP contribution >= 0.6 is 0 Å². The van der Waals surface area contributed by atoms with Crippen molar-refractivity contribution in [2.24, 2.45) is 0 Å². The van der Waals surface area contributed by atoms with Crippen LogP contribution in [0.3, 0.4) is 0 Å². The zero-order valence-corrected chi connectivity index (χ0v) is 11.9. The molecule has 20 heavy (non-hydrogen) atoms. The number of hydrogen-bond donors (Lipinski definition) is 2. The lowest BCUT2D eigenvalue weighted by atomic mass is 10.2. The third-order valence-corrected chi connectivity index (χ3v) is 3.16. The van der Waals surface area contributed by atoms with Gasteiger partial charge in [-0.25, -0.2) is 4.98 Å². The fourth-order valence-electron chi connectivity index (χ4n) is 1.94. The van der Waals surface area contributed by atoms with E-state index in [2.05, 4.69) is 10.3 Å². The van der Waals surface area contributed by atoms with Crippen molar-refractivity contribution in [3.8, 4) is 5.69 Å². The second-order valence-corrected chi connectivity index (χ2v) is 4.93. The van der Waals surface area contributed by atoms with Crippen LogP contribution in [-0.2, 0) is 4.79 Å². The molecule has 1 amide bonds. The van der Waals surface area contributed by atoms with Gasteiger partial charge in [0.25, 0.3) is 0 Å². The number of aliphatic hydroxyl groups excluding tert-OH is 1. The summed E-state index contributed by atoms with van der Waals surface area (Å²) in [6, 6.07) is 7.52. The number of benzene rings is 1. The lowest BCUT2D eigenvalue weighted by molar-refractivity contribution is -0.117. The third-order valence-electron chi connectivity index (χ3n) is 3.16. The number of amides is 1. The number of aryl methyl sites for hydroxylation is 1. The van der Waals surface area contributed by atoms with Gasteiger partial charge in [-0.1, -0.05) is 0 Å². The average molecular weight is 273 g/mol. The van der Waals surface area contributed by atoms with Crippen molar-refractivity contribution in [3.05, 3.63) is 42.0 Å². The topological polar surface area (TPSA) is 67.2 Å². The zero-order chi connectivity index (χ0) is 14.7. The Morgan fingerprint density at radius 2 is 2.00 bits per heavy atom. The number of carbonyl (C=O) groups is 1. The molecule has 2 N–H and O–H groups in total. The van der Waals surface area contributed by atoms with Crippen molar-refractivity contribution in [1.82, 2.24) is 9.55 Å². The number of rotatable bonds is 4. The number of nitrogens with one attached hydrogen (secondary N) is 1. The Kier molecular flexibility index (Phi) is 4.20. The first-order valence-corrected chi connectivity index (χ1v) is 6.56. The van der Waals surface area contributed by atoms with E-state index in [4.69, 9.17) is 5.11 Å². The molecule has 1 atom stereocenters. The number of imidazole rings is 1. The average Bonchev–Trinajstić information content (AvgIpc) is 2.70. The first kappa shape index (κ1) is 14.3. The Morgan fingerprint density at radius 1 is 1.35 bits per heavy atom. The Balaban J connectivity index is 2.11. The van der Waals surface area contributed by atoms with Crippen molar-refractivity contribution >= 4 is 11.6 Å². The van der Waals surface area contributed by atoms with Crippen LogP contribution in [0, 0.1) is 13.8 Å². The predicted octanol–water partition coefficient (Wildman–Crippen LogP) is 2.20. The molecule has 0 spiro atoms. The monoisotopic (exact) mass is 273 g/mol. The predicted molar refractivity (Wildman–Crippen MR) is 78.0 cm³/mol. The number of aliphatic hydroxyl groups is 1. The van der Waals surface area contributed by atoms with E-state index in [1.54, 1.807) is 13.3 Å². The minimum Gasteiger partial charge on any atom is -0.393 e. The third kappa shape index (κ3) is 3.24. The quantitative estimate of drug-likeness (QED) is 0.897. The van der Waals surface area contributed by atoms with E-state index in [0.29, 0.717) is 5.69 Å². The molecule has 0 fully saturated rings. The number of anilines is 1. The van der Waals surface area contributed by atoms with Gasteiger partial charge in [-0.15, -0.1) is 0 Å². The SMILES string of the molecule is Cc1ncn(-c2ccc(NC(=O)CC(C)O)cc2)c1C. The largest absolute Gasteiger partial charge is 0.393 e. The van der Waals surface area contributed by atoms with Gasteiger partial charge in [-0.3, -0.25) is 4.79 Å². The first-order chi connectivity index (χ1) is 9.47. The maximum absolute atomic E-state index is 11.5. The summed E-state index contributed by atoms with van der Waals surface area (Å²) in [6.45, 7) is 5.57. The minimum atomic E-state index is -0.633. The van der Waals surface area contributed by atoms with Crippen LogP contribution in [0.5, 0.6) is 0 Å². The summed E-state index contributed by atoms with van der Waals surface area (Å²) in [5.74, 6) is -0.192. The Labute approximate surface area is 118 Å². The van der Waals surface area contributed by atoms with Crippen molar-refractivity contribution in [2.75, 3.05) is 5.32 Å². The maximum atomic E-state index is 11.5. The fourth-order valence-corrected chi connectivity index (χ4v) is 1.94. The summed E-state index contributed by atoms with van der Waals surface area (Å²) in [5, 5.41) is 11.9. The lowest BCUT2D eigenvalue weighted by Gasteiger charge is -2.09. The number of aromatic nitrogens is 2. The summed E-state index contributed by atoms with van der Waals surface area (Å²) in [5.41, 5.74) is 3.81. The molecule has 1 heterocycles. The van der Waals surface area contributed by atoms with Gasteiger partial charge in [-0.2, -0.15) is 0 Å². The molecule has 1 aromatic heterocycles. The van der Waals surface area contributed by atoms with Crippen molar-refractivity contribution in [3.63, 3.8) is 0 Å². The highest BCUT2D eigenvalue weighted by atomic mass is 16.3. The molecule has 0 radical (unpaired) electrons. The van der Waals surface area contributed by atoms with E-state index in [-0.39, 0.29) is 12.3 Å². The van der Waals surface area contributed by atoms with Crippen LogP contribution < -0.4 is 5.32 Å². The van der Waals surface area contributed by atoms with Crippen LogP contribution in [-0.4, -0.2) is 26.7 Å². The van der Waals surface area contributed by atoms with E-state index in [1.807, 2.05) is 42.7 Å². The van der Waals surface area contributed by atoms with Gasteiger partial charge in [-0.05, 0) is 45.0 Å². The summed E-state index contributed by atoms with van der Waals surface area (Å²) in [4.78, 5) is 15.8. The van der Waals surface area contributed by atoms with E-state index in [0.717, 1.165) is 17.1 Å². The van der Waals surface area contributed by atoms with Gasteiger partial charge >= 0.3 is 0 Å². The Hall–Kier alpha value is -2.14. The molecule has 0 aliphatic heterocycles. The van der Waals surface area contributed by atoms with Gasteiger partial charge in [0.2, 0.25) is 5.91 Å². The molecule has 0 saturated carbocycles. The highest BCUT2D eigenvalue weighted by Crippen LogP contribution is 2.16. The molecule has 0 aliphatic rings. The van der Waals surface area contributed by atoms with Crippen LogP contribution in [0.4, 0.5) is 5.69 Å². The minimum absolute atomic E-state index is 0.0988. The van der Waals surface area contributed by atoms with Crippen LogP contribution in [0.15, 0.2) is 30.6 Å². The number of nitrogens with zero attached hydrogens (tertiary/aromatic N) is 2. The first-order valence-electron chi connectivity index (χ1n) is 6.56. The molecular weight excluding hydrogens is 254 g/mol. The summed E-state index contributed by atoms with van der Waals surface area (Å²) >= 11 is 0. The van der Waals surface area contributed by atoms with Gasteiger partial charge in [0.05, 0.1) is 24.5 Å². The molecule has 2 aromatic rings. The van der Waals surface area contributed by atoms with E-state index >= 15 is 0 Å². The smallest absolute Gasteiger partial charge is 0.226 e. The summed E-state index contributed by atoms with van der Waals surface area (Å²) in [6.07, 6.45) is 1.25. The van der Waals surface area contributed by atoms with Crippen LogP contribution in [0.1, 0.15) is 24.7 Å². The lowest BCUT2D eigenvalue weighted by Crippen LogP contribution is -2.17. The summed E-state index contributed by atoms with van der Waals surface area (Å²) < 4.78 is 2.00. The van der Waals surface area contributed by atoms with Gasteiger partial charge in [0.1, 0.15) is 0 Å². The molecule has 2 rings (SSSR count). The zero-order valence-electron chi connectivity index (χ0n) is 11.9. The molecular formula is C15H19N3O2.